The number of rotatable bonds is 6. The van der Waals surface area contributed by atoms with Crippen molar-refractivity contribution in [3.8, 4) is 0 Å². The van der Waals surface area contributed by atoms with Crippen LogP contribution < -0.4 is 5.32 Å². The first-order valence-electron chi connectivity index (χ1n) is 6.71. The van der Waals surface area contributed by atoms with E-state index in [2.05, 4.69) is 29.8 Å². The van der Waals surface area contributed by atoms with Crippen LogP contribution in [0.1, 0.15) is 29.9 Å². The number of aromatic amines is 1. The number of hydrogen-bond donors (Lipinski definition) is 1. The van der Waals surface area contributed by atoms with Crippen LogP contribution in [0.5, 0.6) is 0 Å². The lowest BCUT2D eigenvalue weighted by molar-refractivity contribution is -0.142. The predicted molar refractivity (Wildman–Crippen MR) is 77.9 cm³/mol. The molecule has 0 saturated carbocycles. The van der Waals surface area contributed by atoms with Crippen molar-refractivity contribution in [2.45, 2.75) is 39.9 Å². The van der Waals surface area contributed by atoms with E-state index in [4.69, 9.17) is 9.47 Å². The second-order valence-corrected chi connectivity index (χ2v) is 10.4. The Morgan fingerprint density at radius 3 is 2.25 bits per heavy atom. The van der Waals surface area contributed by atoms with E-state index in [0.29, 0.717) is 17.9 Å². The van der Waals surface area contributed by atoms with Gasteiger partial charge in [0.05, 0.1) is 36.2 Å². The molecule has 1 heterocycles. The van der Waals surface area contributed by atoms with Gasteiger partial charge in [-0.1, -0.05) is 19.6 Å². The summed E-state index contributed by atoms with van der Waals surface area (Å²) in [4.78, 5) is 23.7. The number of carbonyl (C=O) groups is 2. The van der Waals surface area contributed by atoms with Crippen molar-refractivity contribution in [3.63, 3.8) is 0 Å². The first-order chi connectivity index (χ1) is 9.31. The second-order valence-electron chi connectivity index (χ2n) is 5.38. The van der Waals surface area contributed by atoms with E-state index in [1.54, 1.807) is 13.8 Å². The molecule has 0 aliphatic heterocycles. The van der Waals surface area contributed by atoms with Crippen LogP contribution in [-0.2, 0) is 20.7 Å². The third kappa shape index (κ3) is 3.93. The molecular formula is C13H22N2O4Si. The average Bonchev–Trinajstić information content (AvgIpc) is 2.73. The molecule has 0 aliphatic carbocycles. The van der Waals surface area contributed by atoms with Crippen LogP contribution in [0.4, 0.5) is 0 Å². The standard InChI is InChI=1S/C13H22N2O4Si/c1-6-18-10(16)8-9-11(13(17)19-7-2)12(15-14-9)20(3,4)5/h6-8H2,1-5H3,(H,14,15). The van der Waals surface area contributed by atoms with E-state index in [1.807, 2.05) is 0 Å². The molecule has 0 fully saturated rings. The molecule has 20 heavy (non-hydrogen) atoms. The summed E-state index contributed by atoms with van der Waals surface area (Å²) < 4.78 is 9.98. The number of aromatic nitrogens is 2. The van der Waals surface area contributed by atoms with Crippen LogP contribution in [0.2, 0.25) is 19.6 Å². The van der Waals surface area contributed by atoms with Gasteiger partial charge in [0.1, 0.15) is 8.07 Å². The number of hydrogen-bond acceptors (Lipinski definition) is 5. The van der Waals surface area contributed by atoms with Crippen molar-refractivity contribution < 1.29 is 19.1 Å². The third-order valence-corrected chi connectivity index (χ3v) is 4.44. The average molecular weight is 298 g/mol. The van der Waals surface area contributed by atoms with Gasteiger partial charge in [-0.15, -0.1) is 0 Å². The lowest BCUT2D eigenvalue weighted by Crippen LogP contribution is -2.42. The molecule has 0 spiro atoms. The highest BCUT2D eigenvalue weighted by atomic mass is 28.3. The highest BCUT2D eigenvalue weighted by Crippen LogP contribution is 2.12. The fraction of sp³-hybridized carbons (Fsp3) is 0.615. The Morgan fingerprint density at radius 1 is 1.15 bits per heavy atom. The van der Waals surface area contributed by atoms with Crippen LogP contribution in [0.3, 0.4) is 0 Å². The van der Waals surface area contributed by atoms with Crippen molar-refractivity contribution in [1.29, 1.82) is 0 Å². The summed E-state index contributed by atoms with van der Waals surface area (Å²) in [5, 5.41) is 7.76. The molecular weight excluding hydrogens is 276 g/mol. The number of nitrogens with one attached hydrogen (secondary N) is 1. The number of nitrogens with zero attached hydrogens (tertiary/aromatic N) is 1. The summed E-state index contributed by atoms with van der Waals surface area (Å²) in [7, 11) is -1.81. The Bertz CT molecular complexity index is 491. The van der Waals surface area contributed by atoms with E-state index in [0.717, 1.165) is 5.32 Å². The van der Waals surface area contributed by atoms with Crippen molar-refractivity contribution in [1.82, 2.24) is 10.2 Å². The van der Waals surface area contributed by atoms with Gasteiger partial charge >= 0.3 is 11.9 Å². The smallest absolute Gasteiger partial charge is 0.341 e. The quantitative estimate of drug-likeness (QED) is 0.631. The summed E-state index contributed by atoms with van der Waals surface area (Å²) in [5.41, 5.74) is 0.874. The molecule has 0 bridgehead atoms. The van der Waals surface area contributed by atoms with Gasteiger partial charge in [-0.3, -0.25) is 9.89 Å². The summed E-state index contributed by atoms with van der Waals surface area (Å²) in [6.45, 7) is 10.3. The van der Waals surface area contributed by atoms with Gasteiger partial charge in [0.15, 0.2) is 0 Å². The number of esters is 2. The largest absolute Gasteiger partial charge is 0.466 e. The Labute approximate surface area is 119 Å². The maximum absolute atomic E-state index is 12.1. The van der Waals surface area contributed by atoms with Crippen LogP contribution in [-0.4, -0.2) is 43.4 Å². The van der Waals surface area contributed by atoms with Gasteiger partial charge in [-0.2, -0.15) is 5.10 Å². The minimum absolute atomic E-state index is 0.000528. The molecule has 0 aromatic carbocycles. The molecule has 0 radical (unpaired) electrons. The molecule has 1 aromatic heterocycles. The maximum atomic E-state index is 12.1. The van der Waals surface area contributed by atoms with Crippen LogP contribution in [0.15, 0.2) is 0 Å². The maximum Gasteiger partial charge on any atom is 0.341 e. The number of carbonyl (C=O) groups excluding carboxylic acids is 2. The first-order valence-corrected chi connectivity index (χ1v) is 10.2. The van der Waals surface area contributed by atoms with Crippen LogP contribution in [0, 0.1) is 0 Å². The molecule has 1 aromatic rings. The van der Waals surface area contributed by atoms with Gasteiger partial charge < -0.3 is 9.47 Å². The lowest BCUT2D eigenvalue weighted by Gasteiger charge is -2.14. The molecule has 0 unspecified atom stereocenters. The molecule has 0 amide bonds. The summed E-state index contributed by atoms with van der Waals surface area (Å²) in [6, 6.07) is 0. The SMILES string of the molecule is CCOC(=O)Cc1[nH]nc([Si](C)(C)C)c1C(=O)OCC. The Morgan fingerprint density at radius 2 is 1.75 bits per heavy atom. The minimum atomic E-state index is -1.81. The lowest BCUT2D eigenvalue weighted by atomic mass is 10.2. The molecule has 6 nitrogen and oxygen atoms in total. The minimum Gasteiger partial charge on any atom is -0.466 e. The van der Waals surface area contributed by atoms with E-state index in [9.17, 15) is 9.59 Å². The number of H-pyrrole nitrogens is 1. The third-order valence-electron chi connectivity index (χ3n) is 2.66. The molecule has 7 heteroatoms. The molecule has 0 aliphatic rings. The van der Waals surface area contributed by atoms with Gasteiger partial charge in [0.25, 0.3) is 0 Å². The first kappa shape index (κ1) is 16.4. The predicted octanol–water partition coefficient (Wildman–Crippen LogP) is 1.24. The monoisotopic (exact) mass is 298 g/mol. The normalized spacial score (nSPS) is 11.2. The summed E-state index contributed by atoms with van der Waals surface area (Å²) in [6.07, 6.45) is -0.000528. The fourth-order valence-electron chi connectivity index (χ4n) is 1.83. The summed E-state index contributed by atoms with van der Waals surface area (Å²) in [5.74, 6) is -0.818. The van der Waals surface area contributed by atoms with Crippen LogP contribution in [0.25, 0.3) is 0 Å². The number of ether oxygens (including phenoxy) is 2. The summed E-state index contributed by atoms with van der Waals surface area (Å²) >= 11 is 0. The van der Waals surface area contributed by atoms with Crippen molar-refractivity contribution in [2.24, 2.45) is 0 Å². The van der Waals surface area contributed by atoms with Gasteiger partial charge in [0.2, 0.25) is 0 Å². The Hall–Kier alpha value is -1.63. The second kappa shape index (κ2) is 6.69. The van der Waals surface area contributed by atoms with E-state index >= 15 is 0 Å². The highest BCUT2D eigenvalue weighted by Gasteiger charge is 2.31. The zero-order chi connectivity index (χ0) is 15.3. The van der Waals surface area contributed by atoms with Gasteiger partial charge in [0, 0.05) is 0 Å². The van der Waals surface area contributed by atoms with Crippen molar-refractivity contribution in [3.05, 3.63) is 11.3 Å². The molecule has 1 rings (SSSR count). The fourth-order valence-corrected chi connectivity index (χ4v) is 3.22. The zero-order valence-electron chi connectivity index (χ0n) is 12.7. The molecule has 0 atom stereocenters. The zero-order valence-corrected chi connectivity index (χ0v) is 13.7. The van der Waals surface area contributed by atoms with E-state index < -0.39 is 14.0 Å². The topological polar surface area (TPSA) is 81.3 Å². The molecule has 1 N–H and O–H groups in total. The molecule has 112 valence electrons. The van der Waals surface area contributed by atoms with Crippen molar-refractivity contribution >= 4 is 25.3 Å². The Kier molecular flexibility index (Phi) is 5.49. The van der Waals surface area contributed by atoms with Crippen LogP contribution >= 0.6 is 0 Å². The molecule has 0 saturated heterocycles. The van der Waals surface area contributed by atoms with Crippen molar-refractivity contribution in [2.75, 3.05) is 13.2 Å². The van der Waals surface area contributed by atoms with Gasteiger partial charge in [-0.25, -0.2) is 4.79 Å². The Balaban J connectivity index is 3.15. The van der Waals surface area contributed by atoms with E-state index in [-0.39, 0.29) is 19.0 Å². The van der Waals surface area contributed by atoms with Gasteiger partial charge in [-0.05, 0) is 13.8 Å². The van der Waals surface area contributed by atoms with E-state index in [1.165, 1.54) is 0 Å². The highest BCUT2D eigenvalue weighted by molar-refractivity contribution is 6.88.